The Labute approximate surface area is 96.3 Å². The third-order valence-corrected chi connectivity index (χ3v) is 3.27. The lowest BCUT2D eigenvalue weighted by Crippen LogP contribution is -2.37. The second-order valence-electron chi connectivity index (χ2n) is 3.87. The standard InChI is InChI=1S/C10H11N3O2S/c1-10(2,9(14)15)13-7(6-11-12-13)8-4-3-5-16-8/h3-6H,1-2H3,(H,14,15). The van der Waals surface area contributed by atoms with Crippen molar-refractivity contribution in [2.24, 2.45) is 0 Å². The molecule has 84 valence electrons. The van der Waals surface area contributed by atoms with Gasteiger partial charge in [0.05, 0.1) is 16.8 Å². The monoisotopic (exact) mass is 237 g/mol. The first-order chi connectivity index (χ1) is 7.53. The lowest BCUT2D eigenvalue weighted by molar-refractivity contribution is -0.146. The minimum atomic E-state index is -1.10. The molecule has 0 bridgehead atoms. The van der Waals surface area contributed by atoms with E-state index in [-0.39, 0.29) is 0 Å². The van der Waals surface area contributed by atoms with E-state index in [2.05, 4.69) is 10.3 Å². The highest BCUT2D eigenvalue weighted by Gasteiger charge is 2.33. The van der Waals surface area contributed by atoms with Crippen molar-refractivity contribution in [1.82, 2.24) is 15.0 Å². The summed E-state index contributed by atoms with van der Waals surface area (Å²) in [5, 5.41) is 18.7. The fraction of sp³-hybridized carbons (Fsp3) is 0.300. The summed E-state index contributed by atoms with van der Waals surface area (Å²) in [6.07, 6.45) is 1.58. The maximum absolute atomic E-state index is 11.2. The third-order valence-electron chi connectivity index (χ3n) is 2.38. The molecule has 0 aliphatic rings. The van der Waals surface area contributed by atoms with Crippen LogP contribution in [0, 0.1) is 0 Å². The van der Waals surface area contributed by atoms with Crippen LogP contribution in [0.25, 0.3) is 10.6 Å². The van der Waals surface area contributed by atoms with Gasteiger partial charge < -0.3 is 5.11 Å². The van der Waals surface area contributed by atoms with E-state index in [1.54, 1.807) is 20.0 Å². The van der Waals surface area contributed by atoms with E-state index in [9.17, 15) is 4.79 Å². The van der Waals surface area contributed by atoms with Crippen molar-refractivity contribution in [2.45, 2.75) is 19.4 Å². The number of carbonyl (C=O) groups is 1. The second-order valence-corrected chi connectivity index (χ2v) is 4.82. The zero-order chi connectivity index (χ0) is 11.8. The molecule has 2 aromatic rings. The van der Waals surface area contributed by atoms with Crippen LogP contribution in [0.1, 0.15) is 13.8 Å². The summed E-state index contributed by atoms with van der Waals surface area (Å²) in [5.41, 5.74) is -0.377. The first-order valence-corrected chi connectivity index (χ1v) is 5.60. The van der Waals surface area contributed by atoms with Gasteiger partial charge in [-0.1, -0.05) is 11.3 Å². The highest BCUT2D eigenvalue weighted by atomic mass is 32.1. The topological polar surface area (TPSA) is 68.0 Å². The molecule has 1 N–H and O–H groups in total. The molecule has 6 heteroatoms. The van der Waals surface area contributed by atoms with Crippen LogP contribution in [0.15, 0.2) is 23.7 Å². The average Bonchev–Trinajstić information content (AvgIpc) is 2.88. The Morgan fingerprint density at radius 1 is 1.56 bits per heavy atom. The lowest BCUT2D eigenvalue weighted by Gasteiger charge is -2.20. The van der Waals surface area contributed by atoms with E-state index in [0.717, 1.165) is 10.6 Å². The molecule has 0 aliphatic carbocycles. The second kappa shape index (κ2) is 3.71. The first-order valence-electron chi connectivity index (χ1n) is 4.72. The third kappa shape index (κ3) is 1.61. The quantitative estimate of drug-likeness (QED) is 0.884. The molecule has 0 aromatic carbocycles. The van der Waals surface area contributed by atoms with Crippen molar-refractivity contribution in [3.05, 3.63) is 23.7 Å². The van der Waals surface area contributed by atoms with Gasteiger partial charge in [0.25, 0.3) is 0 Å². The van der Waals surface area contributed by atoms with Crippen molar-refractivity contribution >= 4 is 17.3 Å². The van der Waals surface area contributed by atoms with E-state index in [0.29, 0.717) is 0 Å². The molecular weight excluding hydrogens is 226 g/mol. The molecule has 0 saturated heterocycles. The summed E-state index contributed by atoms with van der Waals surface area (Å²) in [6, 6.07) is 3.82. The smallest absolute Gasteiger partial charge is 0.331 e. The van der Waals surface area contributed by atoms with Crippen molar-refractivity contribution in [2.75, 3.05) is 0 Å². The molecule has 0 unspecified atom stereocenters. The zero-order valence-corrected chi connectivity index (χ0v) is 9.73. The van der Waals surface area contributed by atoms with Gasteiger partial charge in [0.2, 0.25) is 0 Å². The lowest BCUT2D eigenvalue weighted by atomic mass is 10.1. The Kier molecular flexibility index (Phi) is 2.51. The zero-order valence-electron chi connectivity index (χ0n) is 8.91. The van der Waals surface area contributed by atoms with Gasteiger partial charge in [-0.2, -0.15) is 0 Å². The van der Waals surface area contributed by atoms with Gasteiger partial charge in [0.1, 0.15) is 0 Å². The maximum atomic E-state index is 11.2. The van der Waals surface area contributed by atoms with E-state index >= 15 is 0 Å². The number of nitrogens with zero attached hydrogens (tertiary/aromatic N) is 3. The molecule has 0 fully saturated rings. The number of hydrogen-bond donors (Lipinski definition) is 1. The number of aromatic nitrogens is 3. The molecule has 16 heavy (non-hydrogen) atoms. The molecule has 2 aromatic heterocycles. The SMILES string of the molecule is CC(C)(C(=O)O)n1nncc1-c1cccs1. The number of carboxylic acids is 1. The summed E-state index contributed by atoms with van der Waals surface area (Å²) >= 11 is 1.53. The Morgan fingerprint density at radius 3 is 2.88 bits per heavy atom. The fourth-order valence-electron chi connectivity index (χ4n) is 1.33. The van der Waals surface area contributed by atoms with Crippen molar-refractivity contribution in [3.63, 3.8) is 0 Å². The summed E-state index contributed by atoms with van der Waals surface area (Å²) in [5.74, 6) is -0.934. The number of thiophene rings is 1. The van der Waals surface area contributed by atoms with Crippen molar-refractivity contribution < 1.29 is 9.90 Å². The Morgan fingerprint density at radius 2 is 2.31 bits per heavy atom. The Hall–Kier alpha value is -1.69. The van der Waals surface area contributed by atoms with Crippen LogP contribution in [0.5, 0.6) is 0 Å². The summed E-state index contributed by atoms with van der Waals surface area (Å²) < 4.78 is 1.43. The molecule has 0 amide bonds. The number of carboxylic acid groups (broad SMARTS) is 1. The molecule has 0 spiro atoms. The molecule has 2 rings (SSSR count). The van der Waals surface area contributed by atoms with Crippen LogP contribution in [-0.4, -0.2) is 26.1 Å². The predicted octanol–water partition coefficient (Wildman–Crippen LogP) is 1.83. The summed E-state index contributed by atoms with van der Waals surface area (Å²) in [6.45, 7) is 3.20. The normalized spacial score (nSPS) is 11.6. The average molecular weight is 237 g/mol. The van der Waals surface area contributed by atoms with Gasteiger partial charge in [-0.05, 0) is 25.3 Å². The minimum Gasteiger partial charge on any atom is -0.479 e. The molecule has 0 saturated carbocycles. The molecule has 2 heterocycles. The van der Waals surface area contributed by atoms with Crippen LogP contribution in [-0.2, 0) is 10.3 Å². The van der Waals surface area contributed by atoms with E-state index in [1.165, 1.54) is 16.0 Å². The first kappa shape index (κ1) is 10.8. The van der Waals surface area contributed by atoms with Crippen LogP contribution < -0.4 is 0 Å². The largest absolute Gasteiger partial charge is 0.479 e. The summed E-state index contributed by atoms with van der Waals surface area (Å²) in [7, 11) is 0. The van der Waals surface area contributed by atoms with Crippen molar-refractivity contribution in [1.29, 1.82) is 0 Å². The Bertz CT molecular complexity index is 502. The number of hydrogen-bond acceptors (Lipinski definition) is 4. The Balaban J connectivity index is 2.52. The van der Waals surface area contributed by atoms with Gasteiger partial charge in [-0.25, -0.2) is 9.48 Å². The molecule has 0 radical (unpaired) electrons. The van der Waals surface area contributed by atoms with Crippen LogP contribution in [0.4, 0.5) is 0 Å². The molecule has 0 aliphatic heterocycles. The van der Waals surface area contributed by atoms with E-state index in [4.69, 9.17) is 5.11 Å². The van der Waals surface area contributed by atoms with Gasteiger partial charge in [0, 0.05) is 0 Å². The van der Waals surface area contributed by atoms with Crippen LogP contribution in [0.3, 0.4) is 0 Å². The van der Waals surface area contributed by atoms with Crippen LogP contribution >= 0.6 is 11.3 Å². The molecule has 0 atom stereocenters. The minimum absolute atomic E-state index is 0.724. The van der Waals surface area contributed by atoms with E-state index in [1.807, 2.05) is 17.5 Å². The fourth-order valence-corrected chi connectivity index (χ4v) is 2.05. The number of rotatable bonds is 3. The van der Waals surface area contributed by atoms with Gasteiger partial charge in [0.15, 0.2) is 5.54 Å². The maximum Gasteiger partial charge on any atom is 0.331 e. The van der Waals surface area contributed by atoms with Gasteiger partial charge in [-0.15, -0.1) is 16.4 Å². The molecule has 5 nitrogen and oxygen atoms in total. The van der Waals surface area contributed by atoms with Gasteiger partial charge in [-0.3, -0.25) is 0 Å². The predicted molar refractivity (Wildman–Crippen MR) is 60.3 cm³/mol. The van der Waals surface area contributed by atoms with E-state index < -0.39 is 11.5 Å². The van der Waals surface area contributed by atoms with Gasteiger partial charge >= 0.3 is 5.97 Å². The van der Waals surface area contributed by atoms with Crippen LogP contribution in [0.2, 0.25) is 0 Å². The molecular formula is C10H11N3O2S. The number of aliphatic carboxylic acids is 1. The van der Waals surface area contributed by atoms with Crippen molar-refractivity contribution in [3.8, 4) is 10.6 Å². The highest BCUT2D eigenvalue weighted by Crippen LogP contribution is 2.27. The highest BCUT2D eigenvalue weighted by molar-refractivity contribution is 7.13. The summed E-state index contributed by atoms with van der Waals surface area (Å²) in [4.78, 5) is 12.1.